The number of rotatable bonds is 7. The van der Waals surface area contributed by atoms with Crippen LogP contribution in [0.25, 0.3) is 0 Å². The molecule has 0 aliphatic heterocycles. The van der Waals surface area contributed by atoms with Crippen molar-refractivity contribution < 1.29 is 14.3 Å². The van der Waals surface area contributed by atoms with E-state index < -0.39 is 0 Å². The van der Waals surface area contributed by atoms with Crippen molar-refractivity contribution in [3.8, 4) is 5.75 Å². The molecule has 0 atom stereocenters. The number of amides is 2. The lowest BCUT2D eigenvalue weighted by Gasteiger charge is -2.23. The number of ether oxygens (including phenoxy) is 1. The van der Waals surface area contributed by atoms with Crippen molar-refractivity contribution in [3.63, 3.8) is 0 Å². The third-order valence-corrected chi connectivity index (χ3v) is 4.77. The number of carbonyl (C=O) groups excluding carboxylic acids is 2. The largest absolute Gasteiger partial charge is 0.495 e. The minimum absolute atomic E-state index is 0.0939. The molecular weight excluding hydrogens is 364 g/mol. The van der Waals surface area contributed by atoms with Crippen molar-refractivity contribution in [2.75, 3.05) is 23.9 Å². The summed E-state index contributed by atoms with van der Waals surface area (Å²) in [4.78, 5) is 26.2. The standard InChI is InChI=1S/C21H25ClN2O3/c1-5-16-8-6-7-9-19(16)24(15(3)25)11-10-21(26)23-18-12-14(2)17(22)13-20(18)27-4/h6-9,12-13H,5,10-11H2,1-4H3,(H,23,26). The van der Waals surface area contributed by atoms with E-state index in [0.29, 0.717) is 23.0 Å². The van der Waals surface area contributed by atoms with Gasteiger partial charge in [-0.3, -0.25) is 9.59 Å². The Morgan fingerprint density at radius 3 is 2.56 bits per heavy atom. The quantitative estimate of drug-likeness (QED) is 0.754. The molecule has 1 N–H and O–H groups in total. The number of carbonyl (C=O) groups is 2. The van der Waals surface area contributed by atoms with Crippen molar-refractivity contribution in [2.45, 2.75) is 33.6 Å². The van der Waals surface area contributed by atoms with Crippen LogP contribution in [0.3, 0.4) is 0 Å². The van der Waals surface area contributed by atoms with E-state index >= 15 is 0 Å². The molecule has 2 aromatic rings. The highest BCUT2D eigenvalue weighted by molar-refractivity contribution is 6.31. The van der Waals surface area contributed by atoms with Crippen LogP contribution in [-0.2, 0) is 16.0 Å². The molecule has 144 valence electrons. The summed E-state index contributed by atoms with van der Waals surface area (Å²) in [5.74, 6) is 0.206. The molecule has 6 heteroatoms. The average molecular weight is 389 g/mol. The summed E-state index contributed by atoms with van der Waals surface area (Å²) in [5, 5.41) is 3.42. The first-order chi connectivity index (χ1) is 12.9. The Balaban J connectivity index is 2.11. The number of nitrogens with one attached hydrogen (secondary N) is 1. The highest BCUT2D eigenvalue weighted by Gasteiger charge is 2.17. The van der Waals surface area contributed by atoms with Gasteiger partial charge in [-0.1, -0.05) is 36.7 Å². The number of para-hydroxylation sites is 1. The van der Waals surface area contributed by atoms with Gasteiger partial charge >= 0.3 is 0 Å². The summed E-state index contributed by atoms with van der Waals surface area (Å²) in [6, 6.07) is 11.2. The minimum atomic E-state index is -0.199. The molecule has 27 heavy (non-hydrogen) atoms. The van der Waals surface area contributed by atoms with Gasteiger partial charge in [0.1, 0.15) is 5.75 Å². The van der Waals surface area contributed by atoms with Crippen LogP contribution in [0.2, 0.25) is 5.02 Å². The summed E-state index contributed by atoms with van der Waals surface area (Å²) in [6.07, 6.45) is 0.982. The molecule has 0 aliphatic carbocycles. The van der Waals surface area contributed by atoms with Gasteiger partial charge in [0.15, 0.2) is 0 Å². The highest BCUT2D eigenvalue weighted by Crippen LogP contribution is 2.31. The van der Waals surface area contributed by atoms with Crippen LogP contribution in [0, 0.1) is 6.92 Å². The Kier molecular flexibility index (Phi) is 7.25. The van der Waals surface area contributed by atoms with Crippen molar-refractivity contribution in [1.29, 1.82) is 0 Å². The van der Waals surface area contributed by atoms with Gasteiger partial charge in [-0.05, 0) is 36.6 Å². The molecule has 0 saturated heterocycles. The fourth-order valence-electron chi connectivity index (χ4n) is 2.88. The van der Waals surface area contributed by atoms with Crippen LogP contribution < -0.4 is 15.0 Å². The maximum Gasteiger partial charge on any atom is 0.226 e. The molecule has 0 aromatic heterocycles. The van der Waals surface area contributed by atoms with Crippen molar-refractivity contribution in [2.24, 2.45) is 0 Å². The first kappa shape index (κ1) is 20.8. The smallest absolute Gasteiger partial charge is 0.226 e. The zero-order chi connectivity index (χ0) is 20.0. The van der Waals surface area contributed by atoms with Crippen LogP contribution in [0.15, 0.2) is 36.4 Å². The Hall–Kier alpha value is -2.53. The van der Waals surface area contributed by atoms with Gasteiger partial charge < -0.3 is 15.0 Å². The molecule has 5 nitrogen and oxygen atoms in total. The zero-order valence-electron chi connectivity index (χ0n) is 16.1. The molecule has 0 radical (unpaired) electrons. The molecule has 2 rings (SSSR count). The number of methoxy groups -OCH3 is 1. The number of halogens is 1. The fourth-order valence-corrected chi connectivity index (χ4v) is 3.03. The lowest BCUT2D eigenvalue weighted by Crippen LogP contribution is -2.32. The van der Waals surface area contributed by atoms with E-state index in [0.717, 1.165) is 23.2 Å². The number of nitrogens with zero attached hydrogens (tertiary/aromatic N) is 1. The minimum Gasteiger partial charge on any atom is -0.495 e. The Labute approximate surface area is 165 Å². The number of anilines is 2. The van der Waals surface area contributed by atoms with Gasteiger partial charge in [-0.15, -0.1) is 0 Å². The molecule has 0 bridgehead atoms. The van der Waals surface area contributed by atoms with Gasteiger partial charge in [0.2, 0.25) is 11.8 Å². The van der Waals surface area contributed by atoms with Crippen LogP contribution in [0.1, 0.15) is 31.4 Å². The van der Waals surface area contributed by atoms with Gasteiger partial charge in [0.05, 0.1) is 12.8 Å². The molecule has 2 amide bonds. The van der Waals surface area contributed by atoms with Crippen molar-refractivity contribution >= 4 is 34.8 Å². The topological polar surface area (TPSA) is 58.6 Å². The zero-order valence-corrected chi connectivity index (χ0v) is 16.9. The Morgan fingerprint density at radius 1 is 1.22 bits per heavy atom. The Morgan fingerprint density at radius 2 is 1.93 bits per heavy atom. The monoisotopic (exact) mass is 388 g/mol. The molecule has 0 spiro atoms. The number of hydrogen-bond acceptors (Lipinski definition) is 3. The summed E-state index contributed by atoms with van der Waals surface area (Å²) in [7, 11) is 1.52. The third-order valence-electron chi connectivity index (χ3n) is 4.36. The van der Waals surface area contributed by atoms with Crippen molar-refractivity contribution in [1.82, 2.24) is 0 Å². The molecule has 0 heterocycles. The summed E-state index contributed by atoms with van der Waals surface area (Å²) in [5.41, 5.74) is 3.33. The lowest BCUT2D eigenvalue weighted by molar-refractivity contribution is -0.117. The van der Waals surface area contributed by atoms with E-state index in [2.05, 4.69) is 5.32 Å². The van der Waals surface area contributed by atoms with E-state index in [9.17, 15) is 9.59 Å². The second-order valence-corrected chi connectivity index (χ2v) is 6.66. The van der Waals surface area contributed by atoms with Crippen LogP contribution in [0.5, 0.6) is 5.75 Å². The van der Waals surface area contributed by atoms with Crippen LogP contribution in [-0.4, -0.2) is 25.5 Å². The molecule has 0 saturated carbocycles. The maximum atomic E-state index is 12.5. The van der Waals surface area contributed by atoms with E-state index in [1.807, 2.05) is 38.1 Å². The van der Waals surface area contributed by atoms with Gasteiger partial charge in [0, 0.05) is 36.7 Å². The fraction of sp³-hybridized carbons (Fsp3) is 0.333. The molecule has 0 unspecified atom stereocenters. The van der Waals surface area contributed by atoms with E-state index in [4.69, 9.17) is 16.3 Å². The highest BCUT2D eigenvalue weighted by atomic mass is 35.5. The van der Waals surface area contributed by atoms with E-state index in [1.165, 1.54) is 14.0 Å². The van der Waals surface area contributed by atoms with Gasteiger partial charge in [-0.2, -0.15) is 0 Å². The van der Waals surface area contributed by atoms with Crippen molar-refractivity contribution in [3.05, 3.63) is 52.5 Å². The normalized spacial score (nSPS) is 10.4. The third kappa shape index (κ3) is 5.23. The maximum absolute atomic E-state index is 12.5. The number of benzene rings is 2. The molecule has 0 fully saturated rings. The van der Waals surface area contributed by atoms with Crippen LogP contribution >= 0.6 is 11.6 Å². The number of aryl methyl sites for hydroxylation is 2. The first-order valence-corrected chi connectivity index (χ1v) is 9.25. The average Bonchev–Trinajstić information content (AvgIpc) is 2.64. The first-order valence-electron chi connectivity index (χ1n) is 8.87. The lowest BCUT2D eigenvalue weighted by atomic mass is 10.1. The Bertz CT molecular complexity index is 836. The predicted molar refractivity (Wildman–Crippen MR) is 110 cm³/mol. The molecule has 2 aromatic carbocycles. The van der Waals surface area contributed by atoms with Gasteiger partial charge in [0.25, 0.3) is 0 Å². The SMILES string of the molecule is CCc1ccccc1N(CCC(=O)Nc1cc(C)c(Cl)cc1OC)C(C)=O. The van der Waals surface area contributed by atoms with E-state index in [1.54, 1.807) is 17.0 Å². The van der Waals surface area contributed by atoms with E-state index in [-0.39, 0.29) is 18.2 Å². The second-order valence-electron chi connectivity index (χ2n) is 6.25. The summed E-state index contributed by atoms with van der Waals surface area (Å²) in [6.45, 7) is 5.71. The predicted octanol–water partition coefficient (Wildman–Crippen LogP) is 4.60. The molecule has 0 aliphatic rings. The molecular formula is C21H25ClN2O3. The van der Waals surface area contributed by atoms with Gasteiger partial charge in [-0.25, -0.2) is 0 Å². The summed E-state index contributed by atoms with van der Waals surface area (Å²) < 4.78 is 5.28. The number of hydrogen-bond donors (Lipinski definition) is 1. The second kappa shape index (κ2) is 9.42. The summed E-state index contributed by atoms with van der Waals surface area (Å²) >= 11 is 6.10. The van der Waals surface area contributed by atoms with Crippen LogP contribution in [0.4, 0.5) is 11.4 Å².